The van der Waals surface area contributed by atoms with Crippen LogP contribution in [0.3, 0.4) is 0 Å². The van der Waals surface area contributed by atoms with Crippen LogP contribution in [-0.4, -0.2) is 82.2 Å². The Kier molecular flexibility index (Phi) is 9.92. The summed E-state index contributed by atoms with van der Waals surface area (Å²) in [5.74, 6) is -2.53. The molecule has 0 radical (unpaired) electrons. The lowest BCUT2D eigenvalue weighted by atomic mass is 9.79. The molecular formula is C39H41ClN6O6. The molecule has 4 atom stereocenters. The van der Waals surface area contributed by atoms with Crippen LogP contribution in [0, 0.1) is 17.8 Å². The van der Waals surface area contributed by atoms with Gasteiger partial charge in [-0.2, -0.15) is 0 Å². The number of oxazole rings is 1. The van der Waals surface area contributed by atoms with Gasteiger partial charge in [0, 0.05) is 68.0 Å². The average Bonchev–Trinajstić information content (AvgIpc) is 3.84. The Morgan fingerprint density at radius 3 is 2.56 bits per heavy atom. The average molecular weight is 725 g/mol. The molecule has 2 aliphatic heterocycles. The minimum absolute atomic E-state index is 0.125. The first-order chi connectivity index (χ1) is 25.1. The highest BCUT2D eigenvalue weighted by Gasteiger charge is 2.48. The van der Waals surface area contributed by atoms with E-state index < -0.39 is 17.7 Å². The molecule has 2 aromatic heterocycles. The number of halogens is 1. The minimum Gasteiger partial charge on any atom is -0.408 e. The second kappa shape index (κ2) is 14.7. The maximum absolute atomic E-state index is 14.2. The molecule has 2 fully saturated rings. The maximum Gasteiger partial charge on any atom is 0.419 e. The highest BCUT2D eigenvalue weighted by Crippen LogP contribution is 2.37. The second-order valence-corrected chi connectivity index (χ2v) is 14.3. The molecule has 4 amide bonds. The molecular weight excluding hydrogens is 684 g/mol. The molecule has 12 nitrogen and oxygen atoms in total. The molecule has 3 N–H and O–H groups in total. The zero-order chi connectivity index (χ0) is 36.5. The summed E-state index contributed by atoms with van der Waals surface area (Å²) in [4.78, 5) is 73.8. The van der Waals surface area contributed by atoms with E-state index in [1.165, 1.54) is 4.57 Å². The van der Waals surface area contributed by atoms with Crippen molar-refractivity contribution in [2.24, 2.45) is 24.8 Å². The number of aryl methyl sites for hydroxylation is 2. The van der Waals surface area contributed by atoms with E-state index in [2.05, 4.69) is 15.6 Å². The maximum atomic E-state index is 14.2. The lowest BCUT2D eigenvalue weighted by Crippen LogP contribution is -2.56. The number of hydrogen-bond donors (Lipinski definition) is 3. The zero-order valence-electron chi connectivity index (χ0n) is 29.1. The molecule has 0 saturated carbocycles. The van der Waals surface area contributed by atoms with Gasteiger partial charge in [-0.15, -0.1) is 0 Å². The number of benzene rings is 3. The molecule has 270 valence electrons. The summed E-state index contributed by atoms with van der Waals surface area (Å²) < 4.78 is 6.60. The van der Waals surface area contributed by atoms with Crippen molar-refractivity contribution in [1.29, 1.82) is 0 Å². The number of carbonyl (C=O) groups is 4. The lowest BCUT2D eigenvalue weighted by Gasteiger charge is -2.40. The van der Waals surface area contributed by atoms with Crippen molar-refractivity contribution in [2.45, 2.75) is 31.7 Å². The van der Waals surface area contributed by atoms with Crippen molar-refractivity contribution < 1.29 is 23.6 Å². The fraction of sp³-hybridized carbons (Fsp3) is 0.359. The highest BCUT2D eigenvalue weighted by molar-refractivity contribution is 6.31. The van der Waals surface area contributed by atoms with Gasteiger partial charge in [-0.25, -0.2) is 4.79 Å². The van der Waals surface area contributed by atoms with Crippen LogP contribution in [-0.2, 0) is 34.3 Å². The van der Waals surface area contributed by atoms with Gasteiger partial charge in [-0.1, -0.05) is 48.0 Å². The summed E-state index contributed by atoms with van der Waals surface area (Å²) in [6, 6.07) is 19.6. The first-order valence-corrected chi connectivity index (χ1v) is 18.0. The third-order valence-electron chi connectivity index (χ3n) is 10.6. The van der Waals surface area contributed by atoms with Gasteiger partial charge in [0.15, 0.2) is 5.58 Å². The fourth-order valence-electron chi connectivity index (χ4n) is 7.82. The molecule has 0 aliphatic carbocycles. The van der Waals surface area contributed by atoms with Gasteiger partial charge in [0.05, 0.1) is 17.9 Å². The third-order valence-corrected chi connectivity index (χ3v) is 10.9. The van der Waals surface area contributed by atoms with Crippen LogP contribution in [0.1, 0.15) is 34.3 Å². The van der Waals surface area contributed by atoms with Crippen molar-refractivity contribution >= 4 is 57.2 Å². The van der Waals surface area contributed by atoms with E-state index in [1.807, 2.05) is 48.7 Å². The quantitative estimate of drug-likeness (QED) is 0.199. The number of likely N-dealkylation sites (N-methyl/N-ethyl adjacent to an activating group) is 1. The van der Waals surface area contributed by atoms with Crippen LogP contribution >= 0.6 is 11.6 Å². The molecule has 3 aromatic carbocycles. The smallest absolute Gasteiger partial charge is 0.408 e. The number of amides is 4. The predicted octanol–water partition coefficient (Wildman–Crippen LogP) is 3.91. The van der Waals surface area contributed by atoms with E-state index in [0.717, 1.165) is 28.5 Å². The van der Waals surface area contributed by atoms with Gasteiger partial charge < -0.3 is 29.8 Å². The molecule has 52 heavy (non-hydrogen) atoms. The summed E-state index contributed by atoms with van der Waals surface area (Å²) >= 11 is 6.18. The fourth-order valence-corrected chi connectivity index (χ4v) is 7.99. The molecule has 3 unspecified atom stereocenters. The topological polar surface area (TPSA) is 150 Å². The number of piperidine rings is 1. The predicted molar refractivity (Wildman–Crippen MR) is 197 cm³/mol. The van der Waals surface area contributed by atoms with Crippen LogP contribution in [0.5, 0.6) is 0 Å². The van der Waals surface area contributed by atoms with E-state index >= 15 is 0 Å². The zero-order valence-corrected chi connectivity index (χ0v) is 29.8. The molecule has 5 aromatic rings. The number of nitrogens with zero attached hydrogens (tertiary/aromatic N) is 3. The van der Waals surface area contributed by atoms with Crippen LogP contribution in [0.25, 0.3) is 22.0 Å². The molecule has 0 spiro atoms. The van der Waals surface area contributed by atoms with Crippen LogP contribution in [0.15, 0.2) is 82.1 Å². The summed E-state index contributed by atoms with van der Waals surface area (Å²) in [7, 11) is 3.13. The van der Waals surface area contributed by atoms with Crippen molar-refractivity contribution in [3.63, 3.8) is 0 Å². The number of nitrogens with one attached hydrogen (secondary N) is 3. The Hall–Kier alpha value is -5.36. The summed E-state index contributed by atoms with van der Waals surface area (Å²) in [6.07, 6.45) is 3.82. The molecule has 13 heteroatoms. The van der Waals surface area contributed by atoms with Gasteiger partial charge in [0.25, 0.3) is 5.91 Å². The van der Waals surface area contributed by atoms with Crippen LogP contribution in [0.2, 0.25) is 5.02 Å². The van der Waals surface area contributed by atoms with Crippen molar-refractivity contribution in [1.82, 2.24) is 30.0 Å². The minimum atomic E-state index is -0.753. The monoisotopic (exact) mass is 724 g/mol. The Morgan fingerprint density at radius 2 is 1.77 bits per heavy atom. The number of hydrogen-bond acceptors (Lipinski definition) is 6. The van der Waals surface area contributed by atoms with Crippen molar-refractivity contribution in [3.05, 3.63) is 105 Å². The Balaban J connectivity index is 1.12. The Bertz CT molecular complexity index is 2210. The van der Waals surface area contributed by atoms with Gasteiger partial charge in [-0.05, 0) is 72.6 Å². The molecule has 0 bridgehead atoms. The Labute approximate surface area is 305 Å². The van der Waals surface area contributed by atoms with E-state index in [-0.39, 0.29) is 48.4 Å². The van der Waals surface area contributed by atoms with Crippen molar-refractivity contribution in [3.8, 4) is 0 Å². The number of carbonyl (C=O) groups excluding carboxylic acids is 4. The van der Waals surface area contributed by atoms with Gasteiger partial charge in [0.2, 0.25) is 17.7 Å². The van der Waals surface area contributed by atoms with E-state index in [9.17, 15) is 24.0 Å². The number of aromatic nitrogens is 2. The van der Waals surface area contributed by atoms with E-state index in [4.69, 9.17) is 16.0 Å². The third kappa shape index (κ3) is 7.07. The largest absolute Gasteiger partial charge is 0.419 e. The van der Waals surface area contributed by atoms with E-state index in [0.29, 0.717) is 54.2 Å². The van der Waals surface area contributed by atoms with Gasteiger partial charge in [0.1, 0.15) is 6.04 Å². The van der Waals surface area contributed by atoms with E-state index in [1.54, 1.807) is 48.2 Å². The summed E-state index contributed by atoms with van der Waals surface area (Å²) in [5.41, 5.74) is 4.10. The van der Waals surface area contributed by atoms with Crippen molar-refractivity contribution in [2.75, 3.05) is 33.2 Å². The normalized spacial score (nSPS) is 19.1. The number of H-pyrrole nitrogens is 1. The standard InChI is InChI=1S/C39H41ClN6O6/c1-41-37(49)31(10-6-9-23-7-4-3-5-8-23)43-36(48)30-22-45(35(47)16-25-18-42-32-17-27(40)12-13-28(25)32)19-26-20-46(21-29(26)30)38(50)24-11-14-34-33(15-24)44(2)39(51)52-34/h3-5,7-8,11-15,17-18,26,29-31,42H,6,9-10,16,19-22H2,1-2H3,(H,41,49)(H,43,48)/t26?,29?,30?,31-/m0/s1. The summed E-state index contributed by atoms with van der Waals surface area (Å²) in [5, 5.41) is 7.20. The lowest BCUT2D eigenvalue weighted by molar-refractivity contribution is -0.140. The first kappa shape index (κ1) is 35.1. The number of fused-ring (bicyclic) bond motifs is 3. The molecule has 4 heterocycles. The van der Waals surface area contributed by atoms with Gasteiger partial charge >= 0.3 is 5.76 Å². The summed E-state index contributed by atoms with van der Waals surface area (Å²) in [6.45, 7) is 1.21. The highest BCUT2D eigenvalue weighted by atomic mass is 35.5. The van der Waals surface area contributed by atoms with Gasteiger partial charge in [-0.3, -0.25) is 23.7 Å². The molecule has 2 aliphatic rings. The number of aromatic amines is 1. The molecule has 2 saturated heterocycles. The number of rotatable bonds is 10. The second-order valence-electron chi connectivity index (χ2n) is 13.9. The Morgan fingerprint density at radius 1 is 0.981 bits per heavy atom. The van der Waals surface area contributed by atoms with Crippen LogP contribution < -0.4 is 16.4 Å². The van der Waals surface area contributed by atoms with Crippen LogP contribution in [0.4, 0.5) is 0 Å². The molecule has 7 rings (SSSR count). The first-order valence-electron chi connectivity index (χ1n) is 17.6. The number of likely N-dealkylation sites (tertiary alicyclic amines) is 2. The SMILES string of the molecule is CNC(=O)[C@H](CCCc1ccccc1)NC(=O)C1CN(C(=O)Cc2c[nH]c3cc(Cl)ccc23)CC2CN(C(=O)c3ccc4oc(=O)n(C)c4c3)CC21.